The zero-order chi connectivity index (χ0) is 19.1. The van der Waals surface area contributed by atoms with Crippen LogP contribution < -0.4 is 9.47 Å². The first kappa shape index (κ1) is 20.7. The molecule has 6 heteroatoms. The van der Waals surface area contributed by atoms with E-state index in [0.29, 0.717) is 22.9 Å². The molecule has 1 aromatic heterocycles. The van der Waals surface area contributed by atoms with Crippen molar-refractivity contribution in [2.24, 2.45) is 0 Å². The largest absolute Gasteiger partial charge is 0.493 e. The molecule has 0 saturated heterocycles. The second-order valence-corrected chi connectivity index (χ2v) is 7.33. The number of carbonyl (C=O) groups is 1. The van der Waals surface area contributed by atoms with E-state index in [1.165, 1.54) is 31.9 Å². The van der Waals surface area contributed by atoms with Gasteiger partial charge in [0.15, 0.2) is 17.2 Å². The Morgan fingerprint density at radius 2 is 2.00 bits per heavy atom. The predicted molar refractivity (Wildman–Crippen MR) is 107 cm³/mol. The first-order valence-electron chi connectivity index (χ1n) is 8.62. The molecule has 26 heavy (non-hydrogen) atoms. The summed E-state index contributed by atoms with van der Waals surface area (Å²) < 4.78 is 11.6. The van der Waals surface area contributed by atoms with Gasteiger partial charge in [-0.1, -0.05) is 51.0 Å². The molecule has 0 N–H and O–H groups in total. The van der Waals surface area contributed by atoms with E-state index in [-0.39, 0.29) is 11.4 Å². The Hall–Kier alpha value is -1.59. The number of unbranched alkanes of at least 4 members (excludes halogenated alkanes) is 1. The van der Waals surface area contributed by atoms with Gasteiger partial charge in [-0.2, -0.15) is 0 Å². The van der Waals surface area contributed by atoms with Crippen LogP contribution in [0.15, 0.2) is 34.9 Å². The molecule has 4 nitrogen and oxygen atoms in total. The molecule has 1 aromatic carbocycles. The van der Waals surface area contributed by atoms with Crippen molar-refractivity contribution in [1.29, 1.82) is 0 Å². The van der Waals surface area contributed by atoms with Crippen molar-refractivity contribution in [2.45, 2.75) is 45.6 Å². The molecule has 1 unspecified atom stereocenters. The highest BCUT2D eigenvalue weighted by molar-refractivity contribution is 9.10. The van der Waals surface area contributed by atoms with Gasteiger partial charge in [0.2, 0.25) is 0 Å². The van der Waals surface area contributed by atoms with Crippen LogP contribution in [0.4, 0.5) is 0 Å². The maximum Gasteiger partial charge on any atom is 0.274 e. The van der Waals surface area contributed by atoms with Crippen molar-refractivity contribution < 1.29 is 14.3 Å². The first-order valence-corrected chi connectivity index (χ1v) is 9.79. The first-order chi connectivity index (χ1) is 12.5. The Labute approximate surface area is 168 Å². The van der Waals surface area contributed by atoms with Crippen molar-refractivity contribution in [3.05, 3.63) is 51.8 Å². The minimum atomic E-state index is -0.695. The number of ether oxygens (including phenoxy) is 2. The van der Waals surface area contributed by atoms with E-state index in [4.69, 9.17) is 21.1 Å². The van der Waals surface area contributed by atoms with Gasteiger partial charge in [-0.3, -0.25) is 4.79 Å². The summed E-state index contributed by atoms with van der Waals surface area (Å²) in [6.45, 7) is 4.75. The maximum absolute atomic E-state index is 11.7. The van der Waals surface area contributed by atoms with Gasteiger partial charge in [0.1, 0.15) is 11.2 Å². The van der Waals surface area contributed by atoms with E-state index in [9.17, 15) is 4.79 Å². The van der Waals surface area contributed by atoms with Gasteiger partial charge in [-0.05, 0) is 51.0 Å². The lowest BCUT2D eigenvalue weighted by atomic mass is 9.95. The summed E-state index contributed by atoms with van der Waals surface area (Å²) in [4.78, 5) is 15.7. The minimum Gasteiger partial charge on any atom is -0.493 e. The zero-order valence-electron chi connectivity index (χ0n) is 15.2. The zero-order valence-corrected chi connectivity index (χ0v) is 17.6. The molecule has 1 atom stereocenters. The summed E-state index contributed by atoms with van der Waals surface area (Å²) in [5, 5.41) is -0.695. The molecule has 0 spiro atoms. The fourth-order valence-corrected chi connectivity index (χ4v) is 3.19. The van der Waals surface area contributed by atoms with Crippen molar-refractivity contribution in [1.82, 2.24) is 4.98 Å². The lowest BCUT2D eigenvalue weighted by Crippen LogP contribution is -2.05. The van der Waals surface area contributed by atoms with Crippen LogP contribution >= 0.6 is 27.5 Å². The second-order valence-electron chi connectivity index (χ2n) is 6.17. The number of methoxy groups -OCH3 is 1. The standard InChI is InChI=1S/C20H23BrClNO3/c1-4-5-6-13(2)15-9-7-14(8-10-15)12-26-19-16(25-3)11-17(21)23-18(19)20(22)24/h7-11,13H,4-6,12H2,1-3H3. The number of hydrogen-bond acceptors (Lipinski definition) is 4. The molecule has 0 fully saturated rings. The number of halogens is 2. The Kier molecular flexibility index (Phi) is 7.91. The van der Waals surface area contributed by atoms with E-state index in [1.54, 1.807) is 6.07 Å². The van der Waals surface area contributed by atoms with Crippen LogP contribution in [-0.2, 0) is 6.61 Å². The molecule has 0 radical (unpaired) electrons. The molecule has 0 aliphatic rings. The smallest absolute Gasteiger partial charge is 0.274 e. The highest BCUT2D eigenvalue weighted by atomic mass is 79.9. The normalized spacial score (nSPS) is 11.9. The molecule has 0 aliphatic heterocycles. The highest BCUT2D eigenvalue weighted by Gasteiger charge is 2.19. The number of benzene rings is 1. The molecule has 140 valence electrons. The van der Waals surface area contributed by atoms with Crippen LogP contribution in [0.1, 0.15) is 60.6 Å². The van der Waals surface area contributed by atoms with Gasteiger partial charge in [0, 0.05) is 6.07 Å². The fourth-order valence-electron chi connectivity index (χ4n) is 2.68. The number of aromatic nitrogens is 1. The molecule has 2 rings (SSSR count). The average Bonchev–Trinajstić information content (AvgIpc) is 2.64. The minimum absolute atomic E-state index is 0.0303. The second kappa shape index (κ2) is 9.93. The molecular weight excluding hydrogens is 418 g/mol. The van der Waals surface area contributed by atoms with E-state index in [2.05, 4.69) is 46.9 Å². The van der Waals surface area contributed by atoms with Gasteiger partial charge < -0.3 is 9.47 Å². The third-order valence-corrected chi connectivity index (χ3v) is 4.82. The monoisotopic (exact) mass is 439 g/mol. The van der Waals surface area contributed by atoms with E-state index >= 15 is 0 Å². The number of pyridine rings is 1. The van der Waals surface area contributed by atoms with E-state index < -0.39 is 5.24 Å². The van der Waals surface area contributed by atoms with Crippen LogP contribution in [0, 0.1) is 0 Å². The Bertz CT molecular complexity index is 749. The third-order valence-electron chi connectivity index (χ3n) is 4.24. The van der Waals surface area contributed by atoms with Crippen LogP contribution in [0.3, 0.4) is 0 Å². The number of carbonyl (C=O) groups excluding carboxylic acids is 1. The van der Waals surface area contributed by atoms with Crippen molar-refractivity contribution in [3.8, 4) is 11.5 Å². The summed E-state index contributed by atoms with van der Waals surface area (Å²) in [5.74, 6) is 1.19. The van der Waals surface area contributed by atoms with Crippen LogP contribution in [-0.4, -0.2) is 17.3 Å². The lowest BCUT2D eigenvalue weighted by molar-refractivity contribution is 0.107. The van der Waals surface area contributed by atoms with Gasteiger partial charge in [0.05, 0.1) is 7.11 Å². The van der Waals surface area contributed by atoms with Gasteiger partial charge in [-0.15, -0.1) is 0 Å². The third kappa shape index (κ3) is 5.45. The summed E-state index contributed by atoms with van der Waals surface area (Å²) in [7, 11) is 1.50. The predicted octanol–water partition coefficient (Wildman–Crippen LogP) is 6.10. The maximum atomic E-state index is 11.7. The fraction of sp³-hybridized carbons (Fsp3) is 0.400. The number of nitrogens with zero attached hydrogens (tertiary/aromatic N) is 1. The van der Waals surface area contributed by atoms with Gasteiger partial charge in [0.25, 0.3) is 5.24 Å². The Morgan fingerprint density at radius 3 is 2.58 bits per heavy atom. The van der Waals surface area contributed by atoms with Crippen LogP contribution in [0.5, 0.6) is 11.5 Å². The van der Waals surface area contributed by atoms with Crippen molar-refractivity contribution >= 4 is 32.8 Å². The van der Waals surface area contributed by atoms with Crippen molar-refractivity contribution in [3.63, 3.8) is 0 Å². The number of rotatable bonds is 9. The number of hydrogen-bond donors (Lipinski definition) is 0. The van der Waals surface area contributed by atoms with Crippen LogP contribution in [0.25, 0.3) is 0 Å². The topological polar surface area (TPSA) is 48.4 Å². The lowest BCUT2D eigenvalue weighted by Gasteiger charge is -2.14. The molecule has 1 heterocycles. The van der Waals surface area contributed by atoms with Gasteiger partial charge in [-0.25, -0.2) is 4.98 Å². The summed E-state index contributed by atoms with van der Waals surface area (Å²) >= 11 is 8.86. The molecular formula is C20H23BrClNO3. The van der Waals surface area contributed by atoms with E-state index in [0.717, 1.165) is 5.56 Å². The van der Waals surface area contributed by atoms with Gasteiger partial charge >= 0.3 is 0 Å². The molecule has 0 amide bonds. The van der Waals surface area contributed by atoms with Crippen LogP contribution in [0.2, 0.25) is 0 Å². The summed E-state index contributed by atoms with van der Waals surface area (Å²) in [6.07, 6.45) is 3.63. The van der Waals surface area contributed by atoms with E-state index in [1.807, 2.05) is 12.1 Å². The quantitative estimate of drug-likeness (QED) is 0.349. The molecule has 0 saturated carbocycles. The summed E-state index contributed by atoms with van der Waals surface area (Å²) in [6, 6.07) is 9.97. The molecule has 0 aliphatic carbocycles. The van der Waals surface area contributed by atoms with Crippen molar-refractivity contribution in [2.75, 3.05) is 7.11 Å². The SMILES string of the molecule is CCCCC(C)c1ccc(COc2c(OC)cc(Br)nc2C(=O)Cl)cc1. The highest BCUT2D eigenvalue weighted by Crippen LogP contribution is 2.34. The Morgan fingerprint density at radius 1 is 1.31 bits per heavy atom. The molecule has 0 bridgehead atoms. The average molecular weight is 441 g/mol. The molecule has 2 aromatic rings. The summed E-state index contributed by atoms with van der Waals surface area (Å²) in [5.41, 5.74) is 2.35. The Balaban J connectivity index is 2.12.